The summed E-state index contributed by atoms with van der Waals surface area (Å²) in [6.45, 7) is 0. The van der Waals surface area contributed by atoms with Crippen molar-refractivity contribution >= 4 is 13.6 Å². The van der Waals surface area contributed by atoms with Crippen molar-refractivity contribution in [2.24, 2.45) is 0 Å². The van der Waals surface area contributed by atoms with Crippen molar-refractivity contribution in [2.45, 2.75) is 18.3 Å². The number of hydrogen-bond acceptors (Lipinski definition) is 8. The Kier molecular flexibility index (Phi) is 4.66. The van der Waals surface area contributed by atoms with Crippen molar-refractivity contribution in [3.63, 3.8) is 0 Å². The van der Waals surface area contributed by atoms with Crippen LogP contribution in [0.4, 0.5) is 0 Å². The average Bonchev–Trinajstić information content (AvgIpc) is 1.98. The van der Waals surface area contributed by atoms with E-state index in [1.54, 1.807) is 0 Å². The van der Waals surface area contributed by atoms with Gasteiger partial charge in [-0.05, 0) is 0 Å². The molecule has 14 heavy (non-hydrogen) atoms. The third-order valence-corrected chi connectivity index (χ3v) is 2.19. The Morgan fingerprint density at radius 3 is 2.00 bits per heavy atom. The maximum absolute atomic E-state index is 10.1. The van der Waals surface area contributed by atoms with E-state index in [-0.39, 0.29) is 0 Å². The number of carboxylic acids is 1. The fourth-order valence-electron chi connectivity index (χ4n) is 0.687. The fraction of sp³-hybridized carbons (Fsp3) is 0.800. The molecule has 9 heteroatoms. The van der Waals surface area contributed by atoms with Gasteiger partial charge in [-0.25, -0.2) is 0 Å². The number of aliphatic hydroxyl groups is 3. The Bertz CT molecular complexity index is 246. The molecule has 0 aromatic heterocycles. The van der Waals surface area contributed by atoms with E-state index in [1.165, 1.54) is 0 Å². The summed E-state index contributed by atoms with van der Waals surface area (Å²) in [6, 6.07) is 0. The van der Waals surface area contributed by atoms with Gasteiger partial charge in [0.05, 0.1) is 12.1 Å². The minimum absolute atomic E-state index is 1.36. The maximum Gasteiger partial charge on any atom is 0.122 e. The molecule has 8 nitrogen and oxygen atoms in total. The van der Waals surface area contributed by atoms with Gasteiger partial charge in [-0.15, -0.1) is 0 Å². The van der Waals surface area contributed by atoms with Crippen molar-refractivity contribution < 1.29 is 39.6 Å². The molecule has 3 atom stereocenters. The fourth-order valence-corrected chi connectivity index (χ4v) is 1.36. The van der Waals surface area contributed by atoms with Gasteiger partial charge in [-0.3, -0.25) is 0 Å². The highest BCUT2D eigenvalue weighted by Gasteiger charge is 2.25. The first-order valence-corrected chi connectivity index (χ1v) is 5.14. The second-order valence-electron chi connectivity index (χ2n) is 2.62. The van der Waals surface area contributed by atoms with Gasteiger partial charge in [0.1, 0.15) is 12.2 Å². The zero-order valence-corrected chi connectivity index (χ0v) is 7.66. The van der Waals surface area contributed by atoms with Crippen LogP contribution in [0.2, 0.25) is 0 Å². The third-order valence-electron chi connectivity index (χ3n) is 1.37. The third kappa shape index (κ3) is 4.66. The Labute approximate surface area is 78.6 Å². The largest absolute Gasteiger partial charge is 0.811 e. The van der Waals surface area contributed by atoms with E-state index in [4.69, 9.17) is 15.3 Å². The quantitative estimate of drug-likeness (QED) is 0.392. The molecule has 3 N–H and O–H groups in total. The molecule has 0 saturated carbocycles. The average molecular weight is 227 g/mol. The predicted molar refractivity (Wildman–Crippen MR) is 35.5 cm³/mol. The Morgan fingerprint density at radius 2 is 1.71 bits per heavy atom. The number of carbonyl (C=O) groups excluding carboxylic acids is 1. The smallest absolute Gasteiger partial charge is 0.122 e. The molecule has 84 valence electrons. The molecule has 0 aromatic rings. The molecule has 0 unspecified atom stereocenters. The van der Waals surface area contributed by atoms with Crippen molar-refractivity contribution in [1.82, 2.24) is 0 Å². The summed E-state index contributed by atoms with van der Waals surface area (Å²) in [4.78, 5) is 30.1. The molecule has 0 rings (SSSR count). The highest BCUT2D eigenvalue weighted by Crippen LogP contribution is 2.25. The van der Waals surface area contributed by atoms with Crippen LogP contribution >= 0.6 is 7.60 Å². The van der Waals surface area contributed by atoms with Gasteiger partial charge in [0, 0.05) is 6.16 Å². The van der Waals surface area contributed by atoms with Gasteiger partial charge < -0.3 is 39.6 Å². The molecule has 0 aliphatic carbocycles. The molecule has 0 heterocycles. The lowest BCUT2D eigenvalue weighted by molar-refractivity contribution is -0.322. The molecule has 0 amide bonds. The van der Waals surface area contributed by atoms with Crippen LogP contribution in [0.5, 0.6) is 0 Å². The summed E-state index contributed by atoms with van der Waals surface area (Å²) < 4.78 is 10.1. The van der Waals surface area contributed by atoms with Crippen molar-refractivity contribution in [2.75, 3.05) is 6.16 Å². The molecule has 0 saturated heterocycles. The van der Waals surface area contributed by atoms with E-state index in [1.807, 2.05) is 0 Å². The molecular weight excluding hydrogens is 219 g/mol. The minimum Gasteiger partial charge on any atom is -0.811 e. The topological polar surface area (TPSA) is 164 Å². The molecule has 0 aromatic carbocycles. The van der Waals surface area contributed by atoms with Crippen LogP contribution in [0, 0.1) is 0 Å². The summed E-state index contributed by atoms with van der Waals surface area (Å²) >= 11 is 0. The van der Waals surface area contributed by atoms with Gasteiger partial charge in [0.15, 0.2) is 0 Å². The van der Waals surface area contributed by atoms with Crippen LogP contribution in [0.1, 0.15) is 0 Å². The van der Waals surface area contributed by atoms with Crippen LogP contribution in [-0.2, 0) is 9.36 Å². The standard InChI is InChI=1S/C5H11O8P/c6-2(1-14(11,12)13)3(7)4(8)5(9)10/h2-4,6-8H,1H2,(H,9,10)(H2,11,12,13)/p-3/t2-,3-,4+/m1/s1. The van der Waals surface area contributed by atoms with Gasteiger partial charge in [-0.1, -0.05) is 7.60 Å². The molecule has 0 fully saturated rings. The highest BCUT2D eigenvalue weighted by atomic mass is 31.2. The number of aliphatic hydroxyl groups excluding tert-OH is 3. The van der Waals surface area contributed by atoms with Crippen LogP contribution in [0.3, 0.4) is 0 Å². The Morgan fingerprint density at radius 1 is 1.29 bits per heavy atom. The summed E-state index contributed by atoms with van der Waals surface area (Å²) in [5.41, 5.74) is 0. The first kappa shape index (κ1) is 13.5. The summed E-state index contributed by atoms with van der Waals surface area (Å²) in [6.07, 6.45) is -8.25. The number of rotatable bonds is 5. The van der Waals surface area contributed by atoms with Gasteiger partial charge in [0.25, 0.3) is 0 Å². The van der Waals surface area contributed by atoms with Gasteiger partial charge in [-0.2, -0.15) is 0 Å². The summed E-state index contributed by atoms with van der Waals surface area (Å²) in [5, 5.41) is 36.1. The van der Waals surface area contributed by atoms with Gasteiger partial charge >= 0.3 is 0 Å². The lowest BCUT2D eigenvalue weighted by Gasteiger charge is -2.34. The minimum atomic E-state index is -5.08. The lowest BCUT2D eigenvalue weighted by Crippen LogP contribution is -2.50. The van der Waals surface area contributed by atoms with E-state index >= 15 is 0 Å². The lowest BCUT2D eigenvalue weighted by atomic mass is 10.1. The van der Waals surface area contributed by atoms with E-state index in [9.17, 15) is 24.3 Å². The van der Waals surface area contributed by atoms with Crippen molar-refractivity contribution in [3.8, 4) is 0 Å². The van der Waals surface area contributed by atoms with Crippen LogP contribution in [0.15, 0.2) is 0 Å². The van der Waals surface area contributed by atoms with E-state index < -0.39 is 38.0 Å². The number of hydrogen-bond donors (Lipinski definition) is 3. The molecule has 0 aliphatic heterocycles. The molecular formula is C5H8O8P-3. The van der Waals surface area contributed by atoms with Crippen molar-refractivity contribution in [3.05, 3.63) is 0 Å². The molecule has 0 spiro atoms. The predicted octanol–water partition coefficient (Wildman–Crippen LogP) is -5.27. The van der Waals surface area contributed by atoms with Gasteiger partial charge in [0.2, 0.25) is 0 Å². The summed E-state index contributed by atoms with van der Waals surface area (Å²) in [7, 11) is -5.08. The van der Waals surface area contributed by atoms with Crippen molar-refractivity contribution in [1.29, 1.82) is 0 Å². The zero-order valence-electron chi connectivity index (χ0n) is 6.77. The van der Waals surface area contributed by atoms with E-state index in [2.05, 4.69) is 0 Å². The van der Waals surface area contributed by atoms with Crippen LogP contribution < -0.4 is 14.9 Å². The normalized spacial score (nSPS) is 18.6. The molecule has 0 aliphatic rings. The van der Waals surface area contributed by atoms with Crippen LogP contribution in [-0.4, -0.2) is 45.8 Å². The van der Waals surface area contributed by atoms with Crippen LogP contribution in [0.25, 0.3) is 0 Å². The molecule has 0 radical (unpaired) electrons. The number of carbonyl (C=O) groups is 1. The Balaban J connectivity index is 4.32. The monoisotopic (exact) mass is 227 g/mol. The molecule has 0 bridgehead atoms. The SMILES string of the molecule is O=C([O-])[C@@H](O)[C@H](O)[C@H](O)CP(=O)([O-])[O-]. The first-order chi connectivity index (χ1) is 6.15. The second kappa shape index (κ2) is 4.83. The highest BCUT2D eigenvalue weighted by molar-refractivity contribution is 7.48. The number of carboxylic acid groups (broad SMARTS) is 1. The maximum atomic E-state index is 10.1. The van der Waals surface area contributed by atoms with E-state index in [0.29, 0.717) is 0 Å². The number of aliphatic carboxylic acids is 1. The van der Waals surface area contributed by atoms with E-state index in [0.717, 1.165) is 0 Å². The zero-order chi connectivity index (χ0) is 11.5. The first-order valence-electron chi connectivity index (χ1n) is 3.41. The summed E-state index contributed by atoms with van der Waals surface area (Å²) in [5.74, 6) is -2.08. The Hall–Kier alpha value is -0.500. The second-order valence-corrected chi connectivity index (χ2v) is 4.20.